The predicted molar refractivity (Wildman–Crippen MR) is 74.0 cm³/mol. The molecule has 104 valence electrons. The lowest BCUT2D eigenvalue weighted by Gasteiger charge is -2.22. The van der Waals surface area contributed by atoms with Crippen molar-refractivity contribution in [3.05, 3.63) is 12.7 Å². The van der Waals surface area contributed by atoms with Crippen molar-refractivity contribution in [3.8, 4) is 0 Å². The molecule has 0 unspecified atom stereocenters. The number of guanidine groups is 1. The number of hydrogen-bond donors (Lipinski definition) is 2. The molecule has 1 heterocycles. The van der Waals surface area contributed by atoms with Crippen LogP contribution in [0.25, 0.3) is 0 Å². The topological polar surface area (TPSA) is 54.9 Å². The Labute approximate surface area is 110 Å². The van der Waals surface area contributed by atoms with Crippen molar-refractivity contribution >= 4 is 5.96 Å². The first-order valence-corrected chi connectivity index (χ1v) is 6.61. The molecule has 0 spiro atoms. The second-order valence-corrected chi connectivity index (χ2v) is 4.20. The highest BCUT2D eigenvalue weighted by Crippen LogP contribution is 2.10. The molecule has 0 radical (unpaired) electrons. The molecule has 0 bridgehead atoms. The highest BCUT2D eigenvalue weighted by molar-refractivity contribution is 5.79. The van der Waals surface area contributed by atoms with Gasteiger partial charge in [-0.2, -0.15) is 0 Å². The van der Waals surface area contributed by atoms with E-state index >= 15 is 0 Å². The Morgan fingerprint density at radius 3 is 2.89 bits per heavy atom. The molecule has 0 aromatic heterocycles. The SMILES string of the molecule is C=CCNC(=NC)NCCCOC1CCOCC1. The fraction of sp³-hybridized carbons (Fsp3) is 0.769. The van der Waals surface area contributed by atoms with Gasteiger partial charge in [0.2, 0.25) is 0 Å². The summed E-state index contributed by atoms with van der Waals surface area (Å²) in [5.74, 6) is 0.806. The summed E-state index contributed by atoms with van der Waals surface area (Å²) in [6, 6.07) is 0. The fourth-order valence-electron chi connectivity index (χ4n) is 1.76. The van der Waals surface area contributed by atoms with Crippen LogP contribution in [0.15, 0.2) is 17.6 Å². The molecule has 1 fully saturated rings. The number of aliphatic imine (C=N–C) groups is 1. The first-order valence-electron chi connectivity index (χ1n) is 6.61. The van der Waals surface area contributed by atoms with E-state index in [0.29, 0.717) is 6.10 Å². The zero-order valence-electron chi connectivity index (χ0n) is 11.3. The quantitative estimate of drug-likeness (QED) is 0.307. The van der Waals surface area contributed by atoms with Crippen LogP contribution in [0.3, 0.4) is 0 Å². The van der Waals surface area contributed by atoms with Gasteiger partial charge in [-0.3, -0.25) is 4.99 Å². The summed E-state index contributed by atoms with van der Waals surface area (Å²) in [5.41, 5.74) is 0. The largest absolute Gasteiger partial charge is 0.381 e. The maximum Gasteiger partial charge on any atom is 0.191 e. The molecule has 5 nitrogen and oxygen atoms in total. The van der Waals surface area contributed by atoms with Crippen LogP contribution in [0, 0.1) is 0 Å². The van der Waals surface area contributed by atoms with Crippen LogP contribution in [0.2, 0.25) is 0 Å². The highest BCUT2D eigenvalue weighted by Gasteiger charge is 2.13. The normalized spacial score (nSPS) is 17.5. The van der Waals surface area contributed by atoms with Gasteiger partial charge in [-0.1, -0.05) is 6.08 Å². The lowest BCUT2D eigenvalue weighted by atomic mass is 10.1. The van der Waals surface area contributed by atoms with E-state index in [1.165, 1.54) is 0 Å². The molecule has 0 aromatic carbocycles. The van der Waals surface area contributed by atoms with E-state index in [9.17, 15) is 0 Å². The number of nitrogens with zero attached hydrogens (tertiary/aromatic N) is 1. The van der Waals surface area contributed by atoms with Gasteiger partial charge in [0.15, 0.2) is 5.96 Å². The minimum Gasteiger partial charge on any atom is -0.381 e. The Balaban J connectivity index is 1.98. The molecule has 1 saturated heterocycles. The molecule has 0 saturated carbocycles. The van der Waals surface area contributed by atoms with E-state index < -0.39 is 0 Å². The van der Waals surface area contributed by atoms with Gasteiger partial charge in [-0.15, -0.1) is 6.58 Å². The smallest absolute Gasteiger partial charge is 0.191 e. The molecule has 2 N–H and O–H groups in total. The lowest BCUT2D eigenvalue weighted by molar-refractivity contribution is -0.0320. The van der Waals surface area contributed by atoms with Crippen molar-refractivity contribution in [1.29, 1.82) is 0 Å². The third-order valence-corrected chi connectivity index (χ3v) is 2.77. The van der Waals surface area contributed by atoms with Gasteiger partial charge in [0, 0.05) is 40.0 Å². The number of hydrogen-bond acceptors (Lipinski definition) is 3. The monoisotopic (exact) mass is 255 g/mol. The van der Waals surface area contributed by atoms with Crippen molar-refractivity contribution in [2.45, 2.75) is 25.4 Å². The van der Waals surface area contributed by atoms with Crippen LogP contribution >= 0.6 is 0 Å². The zero-order valence-corrected chi connectivity index (χ0v) is 11.3. The molecule has 18 heavy (non-hydrogen) atoms. The minimum absolute atomic E-state index is 0.386. The van der Waals surface area contributed by atoms with E-state index in [-0.39, 0.29) is 0 Å². The number of nitrogens with one attached hydrogen (secondary N) is 2. The van der Waals surface area contributed by atoms with E-state index in [4.69, 9.17) is 9.47 Å². The summed E-state index contributed by atoms with van der Waals surface area (Å²) in [5, 5.41) is 6.35. The lowest BCUT2D eigenvalue weighted by Crippen LogP contribution is -2.38. The minimum atomic E-state index is 0.386. The first kappa shape index (κ1) is 15.0. The van der Waals surface area contributed by atoms with Crippen molar-refractivity contribution in [3.63, 3.8) is 0 Å². The van der Waals surface area contributed by atoms with E-state index in [0.717, 1.165) is 58.1 Å². The molecule has 5 heteroatoms. The van der Waals surface area contributed by atoms with Crippen LogP contribution in [-0.2, 0) is 9.47 Å². The Morgan fingerprint density at radius 1 is 1.44 bits per heavy atom. The first-order chi connectivity index (χ1) is 8.86. The standard InChI is InChI=1S/C13H25N3O2/c1-3-7-15-13(14-2)16-8-4-9-18-12-5-10-17-11-6-12/h3,12H,1,4-11H2,2H3,(H2,14,15,16). The Kier molecular flexibility index (Phi) is 8.25. The molecule has 0 amide bonds. The second kappa shape index (κ2) is 9.91. The van der Waals surface area contributed by atoms with Gasteiger partial charge in [0.25, 0.3) is 0 Å². The van der Waals surface area contributed by atoms with Crippen LogP contribution in [0.1, 0.15) is 19.3 Å². The van der Waals surface area contributed by atoms with Crippen LogP contribution in [0.5, 0.6) is 0 Å². The maximum absolute atomic E-state index is 5.78. The van der Waals surface area contributed by atoms with Crippen molar-refractivity contribution in [2.75, 3.05) is 40.0 Å². The van der Waals surface area contributed by atoms with Crippen molar-refractivity contribution < 1.29 is 9.47 Å². The Bertz CT molecular complexity index is 251. The van der Waals surface area contributed by atoms with Crippen molar-refractivity contribution in [2.24, 2.45) is 4.99 Å². The summed E-state index contributed by atoms with van der Waals surface area (Å²) >= 11 is 0. The number of ether oxygens (including phenoxy) is 2. The van der Waals surface area contributed by atoms with Gasteiger partial charge in [-0.05, 0) is 19.3 Å². The average molecular weight is 255 g/mol. The molecule has 1 aliphatic heterocycles. The second-order valence-electron chi connectivity index (χ2n) is 4.20. The van der Waals surface area contributed by atoms with E-state index in [1.807, 2.05) is 0 Å². The maximum atomic E-state index is 5.78. The third kappa shape index (κ3) is 6.61. The fourth-order valence-corrected chi connectivity index (χ4v) is 1.76. The highest BCUT2D eigenvalue weighted by atomic mass is 16.5. The Hall–Kier alpha value is -1.07. The third-order valence-electron chi connectivity index (χ3n) is 2.77. The number of rotatable bonds is 7. The Morgan fingerprint density at radius 2 is 2.22 bits per heavy atom. The van der Waals surface area contributed by atoms with Gasteiger partial charge in [0.05, 0.1) is 6.10 Å². The van der Waals surface area contributed by atoms with Gasteiger partial charge in [-0.25, -0.2) is 0 Å². The van der Waals surface area contributed by atoms with Gasteiger partial charge < -0.3 is 20.1 Å². The molecular weight excluding hydrogens is 230 g/mol. The molecular formula is C13H25N3O2. The summed E-state index contributed by atoms with van der Waals surface area (Å²) in [4.78, 5) is 4.10. The summed E-state index contributed by atoms with van der Waals surface area (Å²) in [7, 11) is 1.76. The summed E-state index contributed by atoms with van der Waals surface area (Å²) in [6.45, 7) is 7.69. The van der Waals surface area contributed by atoms with Gasteiger partial charge in [0.1, 0.15) is 0 Å². The van der Waals surface area contributed by atoms with E-state index in [1.54, 1.807) is 13.1 Å². The molecule has 0 atom stereocenters. The zero-order chi connectivity index (χ0) is 13.1. The van der Waals surface area contributed by atoms with Gasteiger partial charge >= 0.3 is 0 Å². The predicted octanol–water partition coefficient (Wildman–Crippen LogP) is 0.923. The molecule has 1 aliphatic rings. The summed E-state index contributed by atoms with van der Waals surface area (Å²) in [6.07, 6.45) is 5.22. The average Bonchev–Trinajstić information content (AvgIpc) is 2.43. The van der Waals surface area contributed by atoms with Crippen molar-refractivity contribution in [1.82, 2.24) is 10.6 Å². The van der Waals surface area contributed by atoms with Crippen LogP contribution < -0.4 is 10.6 Å². The van der Waals surface area contributed by atoms with Crippen LogP contribution in [0.4, 0.5) is 0 Å². The van der Waals surface area contributed by atoms with Crippen LogP contribution in [-0.4, -0.2) is 52.0 Å². The molecule has 0 aliphatic carbocycles. The van der Waals surface area contributed by atoms with E-state index in [2.05, 4.69) is 22.2 Å². The molecule has 1 rings (SSSR count). The summed E-state index contributed by atoms with van der Waals surface area (Å²) < 4.78 is 11.1. The molecule has 0 aromatic rings.